The van der Waals surface area contributed by atoms with E-state index in [9.17, 15) is 18.4 Å². The van der Waals surface area contributed by atoms with Crippen LogP contribution in [0.4, 0.5) is 8.78 Å². The van der Waals surface area contributed by atoms with Gasteiger partial charge in [-0.25, -0.2) is 8.78 Å². The van der Waals surface area contributed by atoms with Crippen LogP contribution in [-0.2, 0) is 16.0 Å². The molecule has 0 spiro atoms. The summed E-state index contributed by atoms with van der Waals surface area (Å²) in [5, 5.41) is 8.65. The lowest BCUT2D eigenvalue weighted by atomic mass is 10.1. The summed E-state index contributed by atoms with van der Waals surface area (Å²) >= 11 is 0. The van der Waals surface area contributed by atoms with Crippen LogP contribution in [0.25, 0.3) is 0 Å². The van der Waals surface area contributed by atoms with E-state index >= 15 is 0 Å². The molecule has 0 fully saturated rings. The molecule has 0 radical (unpaired) electrons. The molecule has 0 aliphatic heterocycles. The van der Waals surface area contributed by atoms with Crippen molar-refractivity contribution in [1.29, 1.82) is 0 Å². The summed E-state index contributed by atoms with van der Waals surface area (Å²) in [6, 6.07) is 2.71. The first-order valence-electron chi connectivity index (χ1n) is 6.26. The van der Waals surface area contributed by atoms with Gasteiger partial charge in [0.25, 0.3) is 0 Å². The van der Waals surface area contributed by atoms with Gasteiger partial charge in [0.05, 0.1) is 12.8 Å². The van der Waals surface area contributed by atoms with Crippen molar-refractivity contribution in [3.8, 4) is 0 Å². The average Bonchev–Trinajstić information content (AvgIpc) is 2.33. The van der Waals surface area contributed by atoms with E-state index in [4.69, 9.17) is 5.11 Å². The number of halogens is 2. The molecule has 1 rings (SSSR count). The highest BCUT2D eigenvalue weighted by Gasteiger charge is 2.19. The second-order valence-electron chi connectivity index (χ2n) is 4.74. The monoisotopic (exact) mass is 285 g/mol. The molecule has 1 amide bonds. The quantitative estimate of drug-likeness (QED) is 0.872. The highest BCUT2D eigenvalue weighted by atomic mass is 19.1. The first kappa shape index (κ1) is 16.1. The molecule has 20 heavy (non-hydrogen) atoms. The molecule has 6 heteroatoms. The lowest BCUT2D eigenvalue weighted by Gasteiger charge is -2.26. The zero-order valence-corrected chi connectivity index (χ0v) is 11.4. The third kappa shape index (κ3) is 4.60. The van der Waals surface area contributed by atoms with Crippen LogP contribution < -0.4 is 0 Å². The standard InChI is InChI=1S/C14H17F2NO3/c1-9(2)17(6-5-14(19)20)13(18)8-10-7-11(15)3-4-12(10)16/h3-4,7,9H,5-6,8H2,1-2H3,(H,19,20). The predicted octanol–water partition coefficient (Wildman–Crippen LogP) is 2.22. The minimum absolute atomic E-state index is 0.0315. The Labute approximate surface area is 116 Å². The Balaban J connectivity index is 2.80. The van der Waals surface area contributed by atoms with Gasteiger partial charge in [-0.1, -0.05) is 0 Å². The highest BCUT2D eigenvalue weighted by molar-refractivity contribution is 5.79. The molecule has 0 saturated carbocycles. The van der Waals surface area contributed by atoms with Crippen LogP contribution in [0.3, 0.4) is 0 Å². The van der Waals surface area contributed by atoms with Gasteiger partial charge < -0.3 is 10.0 Å². The van der Waals surface area contributed by atoms with Crippen molar-refractivity contribution in [3.05, 3.63) is 35.4 Å². The van der Waals surface area contributed by atoms with E-state index in [0.717, 1.165) is 18.2 Å². The second-order valence-corrected chi connectivity index (χ2v) is 4.74. The van der Waals surface area contributed by atoms with Gasteiger partial charge in [-0.2, -0.15) is 0 Å². The third-order valence-corrected chi connectivity index (χ3v) is 2.86. The molecule has 0 aliphatic carbocycles. The van der Waals surface area contributed by atoms with Crippen molar-refractivity contribution in [2.75, 3.05) is 6.54 Å². The van der Waals surface area contributed by atoms with Crippen LogP contribution in [0.2, 0.25) is 0 Å². The number of rotatable bonds is 6. The first-order valence-corrected chi connectivity index (χ1v) is 6.26. The first-order chi connectivity index (χ1) is 9.31. The topological polar surface area (TPSA) is 57.6 Å². The van der Waals surface area contributed by atoms with Crippen LogP contribution in [0, 0.1) is 11.6 Å². The Morgan fingerprint density at radius 2 is 1.95 bits per heavy atom. The fraction of sp³-hybridized carbons (Fsp3) is 0.429. The highest BCUT2D eigenvalue weighted by Crippen LogP contribution is 2.13. The van der Waals surface area contributed by atoms with Gasteiger partial charge in [-0.05, 0) is 32.0 Å². The van der Waals surface area contributed by atoms with Gasteiger partial charge in [0.15, 0.2) is 0 Å². The number of hydrogen-bond acceptors (Lipinski definition) is 2. The van der Waals surface area contributed by atoms with E-state index in [2.05, 4.69) is 0 Å². The number of nitrogens with zero attached hydrogens (tertiary/aromatic N) is 1. The molecule has 0 unspecified atom stereocenters. The average molecular weight is 285 g/mol. The summed E-state index contributed by atoms with van der Waals surface area (Å²) in [4.78, 5) is 24.0. The van der Waals surface area contributed by atoms with E-state index < -0.39 is 23.5 Å². The van der Waals surface area contributed by atoms with E-state index in [0.29, 0.717) is 0 Å². The van der Waals surface area contributed by atoms with Gasteiger partial charge in [-0.15, -0.1) is 0 Å². The predicted molar refractivity (Wildman–Crippen MR) is 69.2 cm³/mol. The minimum atomic E-state index is -1.01. The largest absolute Gasteiger partial charge is 0.481 e. The molecule has 110 valence electrons. The second kappa shape index (κ2) is 6.98. The Morgan fingerprint density at radius 1 is 1.30 bits per heavy atom. The van der Waals surface area contributed by atoms with Crippen molar-refractivity contribution in [3.63, 3.8) is 0 Å². The van der Waals surface area contributed by atoms with E-state index in [1.165, 1.54) is 4.90 Å². The van der Waals surface area contributed by atoms with Gasteiger partial charge in [0.1, 0.15) is 11.6 Å². The summed E-state index contributed by atoms with van der Waals surface area (Å²) in [6.07, 6.45) is -0.475. The van der Waals surface area contributed by atoms with Crippen molar-refractivity contribution in [1.82, 2.24) is 4.90 Å². The van der Waals surface area contributed by atoms with Crippen LogP contribution in [-0.4, -0.2) is 34.5 Å². The lowest BCUT2D eigenvalue weighted by Crippen LogP contribution is -2.39. The fourth-order valence-corrected chi connectivity index (χ4v) is 1.83. The van der Waals surface area contributed by atoms with Crippen LogP contribution in [0.5, 0.6) is 0 Å². The molecule has 0 aromatic heterocycles. The van der Waals surface area contributed by atoms with E-state index in [1.54, 1.807) is 13.8 Å². The molecule has 0 heterocycles. The number of hydrogen-bond donors (Lipinski definition) is 1. The van der Waals surface area contributed by atoms with Crippen molar-refractivity contribution < 1.29 is 23.5 Å². The maximum atomic E-state index is 13.5. The van der Waals surface area contributed by atoms with Gasteiger partial charge in [0.2, 0.25) is 5.91 Å². The van der Waals surface area contributed by atoms with E-state index in [-0.39, 0.29) is 31.0 Å². The number of carboxylic acids is 1. The molecule has 0 aliphatic rings. The van der Waals surface area contributed by atoms with Gasteiger partial charge in [0, 0.05) is 18.2 Å². The zero-order valence-electron chi connectivity index (χ0n) is 11.4. The number of benzene rings is 1. The van der Waals surface area contributed by atoms with Crippen molar-refractivity contribution >= 4 is 11.9 Å². The number of carbonyl (C=O) groups is 2. The molecule has 0 bridgehead atoms. The number of amides is 1. The van der Waals surface area contributed by atoms with Crippen LogP contribution in [0.15, 0.2) is 18.2 Å². The summed E-state index contributed by atoms with van der Waals surface area (Å²) < 4.78 is 26.5. The number of carboxylic acid groups (broad SMARTS) is 1. The zero-order chi connectivity index (χ0) is 15.3. The molecular formula is C14H17F2NO3. The molecule has 4 nitrogen and oxygen atoms in total. The molecule has 0 atom stereocenters. The Morgan fingerprint density at radius 3 is 2.50 bits per heavy atom. The van der Waals surface area contributed by atoms with Crippen molar-refractivity contribution in [2.45, 2.75) is 32.7 Å². The molecule has 1 aromatic rings. The normalized spacial score (nSPS) is 10.7. The summed E-state index contributed by atoms with van der Waals surface area (Å²) in [5.41, 5.74) is -0.0315. The molecular weight excluding hydrogens is 268 g/mol. The van der Waals surface area contributed by atoms with Crippen molar-refractivity contribution in [2.24, 2.45) is 0 Å². The van der Waals surface area contributed by atoms with E-state index in [1.807, 2.05) is 0 Å². The fourth-order valence-electron chi connectivity index (χ4n) is 1.83. The lowest BCUT2D eigenvalue weighted by molar-refractivity contribution is -0.139. The summed E-state index contributed by atoms with van der Waals surface area (Å²) in [6.45, 7) is 3.52. The Bertz CT molecular complexity index is 503. The van der Waals surface area contributed by atoms with Crippen LogP contribution in [0.1, 0.15) is 25.8 Å². The molecule has 0 saturated heterocycles. The minimum Gasteiger partial charge on any atom is -0.481 e. The maximum absolute atomic E-state index is 13.5. The molecule has 1 aromatic carbocycles. The summed E-state index contributed by atoms with van der Waals surface area (Å²) in [5.74, 6) is -2.70. The van der Waals surface area contributed by atoms with Gasteiger partial charge in [-0.3, -0.25) is 9.59 Å². The van der Waals surface area contributed by atoms with Gasteiger partial charge >= 0.3 is 5.97 Å². The molecule has 1 N–H and O–H groups in total. The van der Waals surface area contributed by atoms with Crippen LogP contribution >= 0.6 is 0 Å². The maximum Gasteiger partial charge on any atom is 0.305 e. The number of aliphatic carboxylic acids is 1. The Kier molecular flexibility index (Phi) is 5.61. The number of carbonyl (C=O) groups excluding carboxylic acids is 1. The Hall–Kier alpha value is -1.98. The SMILES string of the molecule is CC(C)N(CCC(=O)O)C(=O)Cc1cc(F)ccc1F. The smallest absolute Gasteiger partial charge is 0.305 e. The summed E-state index contributed by atoms with van der Waals surface area (Å²) in [7, 11) is 0. The third-order valence-electron chi connectivity index (χ3n) is 2.86.